The van der Waals surface area contributed by atoms with E-state index >= 15 is 0 Å². The summed E-state index contributed by atoms with van der Waals surface area (Å²) in [5, 5.41) is 2.50. The summed E-state index contributed by atoms with van der Waals surface area (Å²) < 4.78 is 35.6. The highest BCUT2D eigenvalue weighted by Crippen LogP contribution is 2.25. The van der Waals surface area contributed by atoms with Crippen molar-refractivity contribution in [3.05, 3.63) is 0 Å². The predicted octanol–water partition coefficient (Wildman–Crippen LogP) is 2.11. The van der Waals surface area contributed by atoms with Crippen molar-refractivity contribution >= 4 is 5.91 Å². The fourth-order valence-electron chi connectivity index (χ4n) is 2.05. The lowest BCUT2D eigenvalue weighted by atomic mass is 9.82. The highest BCUT2D eigenvalue weighted by Gasteiger charge is 2.30. The van der Waals surface area contributed by atoms with Crippen molar-refractivity contribution in [2.24, 2.45) is 5.73 Å². The average molecular weight is 252 g/mol. The molecule has 0 unspecified atom stereocenters. The van der Waals surface area contributed by atoms with Crippen LogP contribution < -0.4 is 11.1 Å². The Bertz CT molecular complexity index is 260. The number of hydrogen-bond donors (Lipinski definition) is 2. The molecule has 0 atom stereocenters. The van der Waals surface area contributed by atoms with Gasteiger partial charge >= 0.3 is 6.18 Å². The third-order valence-corrected chi connectivity index (χ3v) is 3.12. The lowest BCUT2D eigenvalue weighted by Crippen LogP contribution is -2.51. The van der Waals surface area contributed by atoms with Crippen molar-refractivity contribution in [1.29, 1.82) is 0 Å². The molecule has 0 radical (unpaired) electrons. The van der Waals surface area contributed by atoms with Gasteiger partial charge in [-0.2, -0.15) is 13.2 Å². The maximum atomic E-state index is 11.9. The summed E-state index contributed by atoms with van der Waals surface area (Å²) in [6.45, 7) is 0.281. The zero-order chi connectivity index (χ0) is 12.9. The van der Waals surface area contributed by atoms with Gasteiger partial charge in [-0.05, 0) is 12.8 Å². The predicted molar refractivity (Wildman–Crippen MR) is 58.3 cm³/mol. The second kappa shape index (κ2) is 5.71. The zero-order valence-corrected chi connectivity index (χ0v) is 9.78. The van der Waals surface area contributed by atoms with E-state index in [0.717, 1.165) is 32.1 Å². The number of nitrogens with two attached hydrogens (primary N) is 1. The van der Waals surface area contributed by atoms with Crippen LogP contribution in [0.15, 0.2) is 0 Å². The lowest BCUT2D eigenvalue weighted by Gasteiger charge is -2.33. The van der Waals surface area contributed by atoms with Crippen LogP contribution in [0.4, 0.5) is 13.2 Å². The van der Waals surface area contributed by atoms with Crippen LogP contribution in [-0.2, 0) is 4.79 Å². The Labute approximate surface area is 98.9 Å². The minimum atomic E-state index is -4.28. The van der Waals surface area contributed by atoms with E-state index in [-0.39, 0.29) is 6.54 Å². The number of amides is 1. The number of nitrogens with one attached hydrogen (secondary N) is 1. The van der Waals surface area contributed by atoms with Crippen LogP contribution in [0.2, 0.25) is 0 Å². The van der Waals surface area contributed by atoms with Gasteiger partial charge in [-0.25, -0.2) is 0 Å². The largest absolute Gasteiger partial charge is 0.389 e. The minimum absolute atomic E-state index is 0.281. The first-order valence-corrected chi connectivity index (χ1v) is 5.93. The van der Waals surface area contributed by atoms with Crippen LogP contribution in [0, 0.1) is 0 Å². The molecular weight excluding hydrogens is 233 g/mol. The molecule has 0 heterocycles. The molecule has 3 N–H and O–H groups in total. The molecule has 0 aromatic heterocycles. The van der Waals surface area contributed by atoms with Gasteiger partial charge in [0, 0.05) is 18.5 Å². The summed E-state index contributed by atoms with van der Waals surface area (Å²) in [6, 6.07) is 0. The molecule has 0 spiro atoms. The van der Waals surface area contributed by atoms with Gasteiger partial charge in [0.1, 0.15) is 0 Å². The van der Waals surface area contributed by atoms with Gasteiger partial charge in [0.2, 0.25) is 5.91 Å². The molecule has 0 aliphatic heterocycles. The number of halogens is 3. The molecule has 6 heteroatoms. The summed E-state index contributed by atoms with van der Waals surface area (Å²) in [5.74, 6) is -0.572. The molecule has 100 valence electrons. The van der Waals surface area contributed by atoms with Crippen molar-refractivity contribution < 1.29 is 18.0 Å². The molecule has 0 aromatic carbocycles. The summed E-state index contributed by atoms with van der Waals surface area (Å²) in [5.41, 5.74) is 5.63. The van der Waals surface area contributed by atoms with Gasteiger partial charge in [-0.15, -0.1) is 0 Å². The Morgan fingerprint density at radius 2 is 1.82 bits per heavy atom. The van der Waals surface area contributed by atoms with Crippen LogP contribution in [0.1, 0.15) is 44.9 Å². The van der Waals surface area contributed by atoms with Gasteiger partial charge in [0.05, 0.1) is 6.42 Å². The van der Waals surface area contributed by atoms with E-state index in [0.29, 0.717) is 0 Å². The van der Waals surface area contributed by atoms with Crippen molar-refractivity contribution in [3.63, 3.8) is 0 Å². The molecule has 3 nitrogen and oxygen atoms in total. The van der Waals surface area contributed by atoms with E-state index in [4.69, 9.17) is 5.73 Å². The van der Waals surface area contributed by atoms with E-state index in [1.807, 2.05) is 0 Å². The minimum Gasteiger partial charge on any atom is -0.354 e. The SMILES string of the molecule is NC1(CNC(=O)CCC(F)(F)F)CCCCC1. The maximum absolute atomic E-state index is 11.9. The second-order valence-corrected chi connectivity index (χ2v) is 4.81. The number of hydrogen-bond acceptors (Lipinski definition) is 2. The molecule has 1 rings (SSSR count). The summed E-state index contributed by atoms with van der Waals surface area (Å²) in [7, 11) is 0. The topological polar surface area (TPSA) is 55.1 Å². The van der Waals surface area contributed by atoms with E-state index < -0.39 is 30.5 Å². The first-order chi connectivity index (χ1) is 7.81. The molecule has 1 saturated carbocycles. The van der Waals surface area contributed by atoms with Gasteiger partial charge in [-0.1, -0.05) is 19.3 Å². The summed E-state index contributed by atoms with van der Waals surface area (Å²) in [6.07, 6.45) is -1.03. The highest BCUT2D eigenvalue weighted by molar-refractivity contribution is 5.76. The molecule has 17 heavy (non-hydrogen) atoms. The summed E-state index contributed by atoms with van der Waals surface area (Å²) >= 11 is 0. The van der Waals surface area contributed by atoms with Crippen molar-refractivity contribution in [3.8, 4) is 0 Å². The molecule has 0 saturated heterocycles. The van der Waals surface area contributed by atoms with Crippen LogP contribution in [0.5, 0.6) is 0 Å². The first kappa shape index (κ1) is 14.3. The monoisotopic (exact) mass is 252 g/mol. The first-order valence-electron chi connectivity index (χ1n) is 5.93. The number of carbonyl (C=O) groups excluding carboxylic acids is 1. The molecule has 1 amide bonds. The fourth-order valence-corrected chi connectivity index (χ4v) is 2.05. The molecule has 0 bridgehead atoms. The lowest BCUT2D eigenvalue weighted by molar-refractivity contribution is -0.144. The van der Waals surface area contributed by atoms with E-state index in [9.17, 15) is 18.0 Å². The van der Waals surface area contributed by atoms with Gasteiger partial charge < -0.3 is 11.1 Å². The smallest absolute Gasteiger partial charge is 0.354 e. The van der Waals surface area contributed by atoms with E-state index in [1.165, 1.54) is 0 Å². The summed E-state index contributed by atoms with van der Waals surface area (Å²) in [4.78, 5) is 11.2. The third-order valence-electron chi connectivity index (χ3n) is 3.12. The molecule has 1 aliphatic rings. The van der Waals surface area contributed by atoms with E-state index in [2.05, 4.69) is 5.32 Å². The molecular formula is C11H19F3N2O. The molecule has 1 aliphatic carbocycles. The quantitative estimate of drug-likeness (QED) is 0.805. The molecule has 1 fully saturated rings. The Morgan fingerprint density at radius 3 is 2.35 bits per heavy atom. The third kappa shape index (κ3) is 5.91. The zero-order valence-electron chi connectivity index (χ0n) is 9.78. The normalized spacial score (nSPS) is 20.0. The standard InChI is InChI=1S/C11H19F3N2O/c12-11(13,14)7-4-9(17)16-8-10(15)5-2-1-3-6-10/h1-8,15H2,(H,16,17). The van der Waals surface area contributed by atoms with Crippen molar-refractivity contribution in [1.82, 2.24) is 5.32 Å². The average Bonchev–Trinajstić information content (AvgIpc) is 2.24. The Morgan fingerprint density at radius 1 is 1.24 bits per heavy atom. The van der Waals surface area contributed by atoms with Crippen LogP contribution in [0.3, 0.4) is 0 Å². The maximum Gasteiger partial charge on any atom is 0.389 e. The van der Waals surface area contributed by atoms with Gasteiger partial charge in [0.25, 0.3) is 0 Å². The van der Waals surface area contributed by atoms with Crippen molar-refractivity contribution in [2.45, 2.75) is 56.7 Å². The Hall–Kier alpha value is -0.780. The number of rotatable bonds is 4. The van der Waals surface area contributed by atoms with E-state index in [1.54, 1.807) is 0 Å². The Kier molecular flexibility index (Phi) is 4.80. The van der Waals surface area contributed by atoms with Crippen molar-refractivity contribution in [2.75, 3.05) is 6.54 Å². The van der Waals surface area contributed by atoms with Crippen LogP contribution in [-0.4, -0.2) is 24.2 Å². The highest BCUT2D eigenvalue weighted by atomic mass is 19.4. The second-order valence-electron chi connectivity index (χ2n) is 4.81. The molecule has 0 aromatic rings. The number of carbonyl (C=O) groups is 1. The van der Waals surface area contributed by atoms with Crippen LogP contribution in [0.25, 0.3) is 0 Å². The van der Waals surface area contributed by atoms with Gasteiger partial charge in [0.15, 0.2) is 0 Å². The van der Waals surface area contributed by atoms with Gasteiger partial charge in [-0.3, -0.25) is 4.79 Å². The number of alkyl halides is 3. The Balaban J connectivity index is 2.23. The van der Waals surface area contributed by atoms with Crippen LogP contribution >= 0.6 is 0 Å². The fraction of sp³-hybridized carbons (Fsp3) is 0.909.